The summed E-state index contributed by atoms with van der Waals surface area (Å²) in [5, 5.41) is 0.0217. The molecule has 0 radical (unpaired) electrons. The van der Waals surface area contributed by atoms with Crippen LogP contribution in [0.5, 0.6) is 17.2 Å². The first-order valence-electron chi connectivity index (χ1n) is 16.0. The Morgan fingerprint density at radius 2 is 1.14 bits per heavy atom. The summed E-state index contributed by atoms with van der Waals surface area (Å²) in [4.78, 5) is 25.0. The maximum Gasteiger partial charge on any atom is 0.343 e. The SMILES string of the molecule is CCCCCCCCCCOc1ccc(-c2ccc(C(=O)Oc3ccc(O[C@H](C)C(=O)SCCCCC)cc3)cc2)cc1. The highest BCUT2D eigenvalue weighted by atomic mass is 32.2. The first-order valence-corrected chi connectivity index (χ1v) is 17.0. The summed E-state index contributed by atoms with van der Waals surface area (Å²) < 4.78 is 17.2. The van der Waals surface area contributed by atoms with Gasteiger partial charge in [0.1, 0.15) is 17.2 Å². The molecule has 5 nitrogen and oxygen atoms in total. The van der Waals surface area contributed by atoms with Crippen molar-refractivity contribution in [3.8, 4) is 28.4 Å². The molecule has 0 saturated carbocycles. The van der Waals surface area contributed by atoms with Gasteiger partial charge in [-0.15, -0.1) is 0 Å². The molecule has 3 aromatic carbocycles. The zero-order chi connectivity index (χ0) is 30.7. The lowest BCUT2D eigenvalue weighted by atomic mass is 10.0. The van der Waals surface area contributed by atoms with Gasteiger partial charge in [-0.25, -0.2) is 4.79 Å². The quantitative estimate of drug-likeness (QED) is 0.0726. The highest BCUT2D eigenvalue weighted by Gasteiger charge is 2.15. The number of hydrogen-bond donors (Lipinski definition) is 0. The number of thioether (sulfide) groups is 1. The normalized spacial score (nSPS) is 11.6. The van der Waals surface area contributed by atoms with Crippen LogP contribution in [0.1, 0.15) is 102 Å². The van der Waals surface area contributed by atoms with Gasteiger partial charge in [0.05, 0.1) is 12.2 Å². The van der Waals surface area contributed by atoms with Crippen molar-refractivity contribution in [2.45, 2.75) is 97.5 Å². The molecule has 0 aromatic heterocycles. The molecule has 0 aliphatic carbocycles. The van der Waals surface area contributed by atoms with E-state index in [2.05, 4.69) is 13.8 Å². The summed E-state index contributed by atoms with van der Waals surface area (Å²) >= 11 is 1.32. The molecule has 0 aliphatic heterocycles. The number of hydrogen-bond acceptors (Lipinski definition) is 6. The van der Waals surface area contributed by atoms with Gasteiger partial charge >= 0.3 is 5.97 Å². The molecular formula is C37H48O5S. The molecule has 232 valence electrons. The van der Waals surface area contributed by atoms with E-state index in [1.807, 2.05) is 36.4 Å². The molecule has 0 heterocycles. The van der Waals surface area contributed by atoms with Crippen LogP contribution in [0.2, 0.25) is 0 Å². The molecule has 0 unspecified atom stereocenters. The lowest BCUT2D eigenvalue weighted by Gasteiger charge is -2.13. The van der Waals surface area contributed by atoms with Crippen LogP contribution in [0.25, 0.3) is 11.1 Å². The fraction of sp³-hybridized carbons (Fsp3) is 0.459. The van der Waals surface area contributed by atoms with E-state index in [4.69, 9.17) is 14.2 Å². The maximum atomic E-state index is 12.7. The Morgan fingerprint density at radius 3 is 1.77 bits per heavy atom. The van der Waals surface area contributed by atoms with E-state index in [0.29, 0.717) is 17.1 Å². The van der Waals surface area contributed by atoms with Gasteiger partial charge in [0.2, 0.25) is 5.12 Å². The van der Waals surface area contributed by atoms with Crippen LogP contribution in [-0.2, 0) is 4.79 Å². The largest absolute Gasteiger partial charge is 0.494 e. The third-order valence-electron chi connectivity index (χ3n) is 7.25. The molecule has 3 rings (SSSR count). The van der Waals surface area contributed by atoms with Crippen LogP contribution < -0.4 is 14.2 Å². The molecule has 0 bridgehead atoms. The van der Waals surface area contributed by atoms with Gasteiger partial charge in [0, 0.05) is 5.75 Å². The summed E-state index contributed by atoms with van der Waals surface area (Å²) in [5.41, 5.74) is 2.54. The Labute approximate surface area is 262 Å². The second-order valence-corrected chi connectivity index (χ2v) is 12.0. The van der Waals surface area contributed by atoms with Crippen LogP contribution in [-0.4, -0.2) is 29.5 Å². The molecule has 0 N–H and O–H groups in total. The summed E-state index contributed by atoms with van der Waals surface area (Å²) in [7, 11) is 0. The third kappa shape index (κ3) is 12.9. The van der Waals surface area contributed by atoms with Gasteiger partial charge in [-0.1, -0.05) is 108 Å². The minimum Gasteiger partial charge on any atom is -0.494 e. The summed E-state index contributed by atoms with van der Waals surface area (Å²) in [6.07, 6.45) is 13.0. The molecule has 0 aliphatic rings. The molecule has 6 heteroatoms. The van der Waals surface area contributed by atoms with E-state index in [9.17, 15) is 9.59 Å². The van der Waals surface area contributed by atoms with Gasteiger partial charge in [0.25, 0.3) is 0 Å². The van der Waals surface area contributed by atoms with Crippen molar-refractivity contribution < 1.29 is 23.8 Å². The first-order chi connectivity index (χ1) is 21.0. The predicted octanol–water partition coefficient (Wildman–Crippen LogP) is 10.3. The van der Waals surface area contributed by atoms with E-state index in [0.717, 1.165) is 54.9 Å². The van der Waals surface area contributed by atoms with Crippen LogP contribution >= 0.6 is 11.8 Å². The van der Waals surface area contributed by atoms with E-state index in [1.54, 1.807) is 43.3 Å². The van der Waals surface area contributed by atoms with Crippen molar-refractivity contribution in [2.75, 3.05) is 12.4 Å². The zero-order valence-corrected chi connectivity index (χ0v) is 27.0. The van der Waals surface area contributed by atoms with Crippen molar-refractivity contribution in [3.05, 3.63) is 78.4 Å². The van der Waals surface area contributed by atoms with Crippen LogP contribution in [0.3, 0.4) is 0 Å². The standard InChI is InChI=1S/C37H48O5S/c1-4-6-8-9-10-11-12-13-27-40-33-21-19-31(20-22-33)30-15-17-32(18-16-30)36(38)42-35-25-23-34(24-26-35)41-29(3)37(39)43-28-14-7-5-2/h15-26,29H,4-14,27-28H2,1-3H3/t29-/m1/s1. The summed E-state index contributed by atoms with van der Waals surface area (Å²) in [6, 6.07) is 22.2. The average Bonchev–Trinajstić information content (AvgIpc) is 3.03. The minimum absolute atomic E-state index is 0.0217. The third-order valence-corrected chi connectivity index (χ3v) is 8.36. The molecule has 1 atom stereocenters. The number of carbonyl (C=O) groups excluding carboxylic acids is 2. The second-order valence-electron chi connectivity index (χ2n) is 10.9. The second kappa shape index (κ2) is 19.8. The fourth-order valence-corrected chi connectivity index (χ4v) is 5.45. The molecule has 0 fully saturated rings. The Bertz CT molecular complexity index is 1210. The van der Waals surface area contributed by atoms with Crippen molar-refractivity contribution in [1.82, 2.24) is 0 Å². The fourth-order valence-electron chi connectivity index (χ4n) is 4.61. The van der Waals surface area contributed by atoms with Gasteiger partial charge in [-0.05, 0) is 79.4 Å². The van der Waals surface area contributed by atoms with Crippen molar-refractivity contribution in [3.63, 3.8) is 0 Å². The van der Waals surface area contributed by atoms with Gasteiger partial charge in [-0.2, -0.15) is 0 Å². The van der Waals surface area contributed by atoms with Crippen LogP contribution in [0.15, 0.2) is 72.8 Å². The Morgan fingerprint density at radius 1 is 0.628 bits per heavy atom. The summed E-state index contributed by atoms with van der Waals surface area (Å²) in [5.74, 6) is 2.24. The zero-order valence-electron chi connectivity index (χ0n) is 26.1. The smallest absolute Gasteiger partial charge is 0.343 e. The molecule has 0 amide bonds. The number of benzene rings is 3. The van der Waals surface area contributed by atoms with Crippen molar-refractivity contribution >= 4 is 22.8 Å². The highest BCUT2D eigenvalue weighted by Crippen LogP contribution is 2.25. The topological polar surface area (TPSA) is 61.8 Å². The number of rotatable bonds is 20. The first kappa shape index (κ1) is 34.2. The summed E-state index contributed by atoms with van der Waals surface area (Å²) in [6.45, 7) is 6.90. The number of unbranched alkanes of at least 4 members (excludes halogenated alkanes) is 9. The van der Waals surface area contributed by atoms with E-state index < -0.39 is 12.1 Å². The average molecular weight is 605 g/mol. The molecular weight excluding hydrogens is 556 g/mol. The minimum atomic E-state index is -0.540. The predicted molar refractivity (Wildman–Crippen MR) is 178 cm³/mol. The molecule has 0 spiro atoms. The Hall–Kier alpha value is -3.25. The monoisotopic (exact) mass is 604 g/mol. The number of ether oxygens (including phenoxy) is 3. The highest BCUT2D eigenvalue weighted by molar-refractivity contribution is 8.13. The maximum absolute atomic E-state index is 12.7. The van der Waals surface area contributed by atoms with Crippen molar-refractivity contribution in [1.29, 1.82) is 0 Å². The lowest BCUT2D eigenvalue weighted by molar-refractivity contribution is -0.116. The van der Waals surface area contributed by atoms with E-state index in [1.165, 1.54) is 56.7 Å². The van der Waals surface area contributed by atoms with Crippen molar-refractivity contribution in [2.24, 2.45) is 0 Å². The number of carbonyl (C=O) groups is 2. The Kier molecular flexibility index (Phi) is 15.8. The van der Waals surface area contributed by atoms with E-state index >= 15 is 0 Å². The van der Waals surface area contributed by atoms with Crippen LogP contribution in [0.4, 0.5) is 0 Å². The van der Waals surface area contributed by atoms with E-state index in [-0.39, 0.29) is 5.12 Å². The Balaban J connectivity index is 1.40. The van der Waals surface area contributed by atoms with Crippen LogP contribution in [0, 0.1) is 0 Å². The van der Waals surface area contributed by atoms with Gasteiger partial charge in [0.15, 0.2) is 6.10 Å². The molecule has 43 heavy (non-hydrogen) atoms. The van der Waals surface area contributed by atoms with Gasteiger partial charge < -0.3 is 14.2 Å². The van der Waals surface area contributed by atoms with Gasteiger partial charge in [-0.3, -0.25) is 4.79 Å². The molecule has 3 aromatic rings. The number of esters is 1. The molecule has 0 saturated heterocycles. The lowest BCUT2D eigenvalue weighted by Crippen LogP contribution is -2.21.